The Labute approximate surface area is 242 Å². The molecule has 2 aromatic carbocycles. The van der Waals surface area contributed by atoms with Crippen molar-refractivity contribution in [2.45, 2.75) is 32.1 Å². The number of carbonyl (C=O) groups is 2. The number of aliphatic carboxylic acids is 1. The van der Waals surface area contributed by atoms with Crippen LogP contribution in [-0.2, 0) is 24.8 Å². The highest BCUT2D eigenvalue weighted by atomic mass is 32.2. The van der Waals surface area contributed by atoms with Gasteiger partial charge >= 0.3 is 12.3 Å². The van der Waals surface area contributed by atoms with Crippen LogP contribution in [0.5, 0.6) is 0 Å². The van der Waals surface area contributed by atoms with Gasteiger partial charge in [-0.25, -0.2) is 21.6 Å². The largest absolute Gasteiger partial charge is 0.542 e. The topological polar surface area (TPSA) is 209 Å². The summed E-state index contributed by atoms with van der Waals surface area (Å²) in [7, 11) is -6.63. The van der Waals surface area contributed by atoms with Crippen LogP contribution in [0.3, 0.4) is 0 Å². The third kappa shape index (κ3) is 15.1. The summed E-state index contributed by atoms with van der Waals surface area (Å²) in [5, 5.41) is 19.8. The van der Waals surface area contributed by atoms with Gasteiger partial charge in [0.15, 0.2) is 0 Å². The smallest absolute Gasteiger partial charge is 0.430 e. The van der Waals surface area contributed by atoms with Gasteiger partial charge in [-0.15, -0.1) is 0 Å². The van der Waals surface area contributed by atoms with Crippen molar-refractivity contribution in [2.24, 2.45) is 0 Å². The fourth-order valence-electron chi connectivity index (χ4n) is 2.93. The highest BCUT2D eigenvalue weighted by Gasteiger charge is 2.28. The number of rotatable bonds is 9. The van der Waals surface area contributed by atoms with E-state index in [9.17, 15) is 34.8 Å². The van der Waals surface area contributed by atoms with Gasteiger partial charge in [0.1, 0.15) is 12.0 Å². The summed E-state index contributed by atoms with van der Waals surface area (Å²) in [6, 6.07) is 10.1. The number of sulfonamides is 2. The molecule has 7 N–H and O–H groups in total. The van der Waals surface area contributed by atoms with E-state index in [1.54, 1.807) is 37.3 Å². The lowest BCUT2D eigenvalue weighted by Gasteiger charge is -2.15. The number of halogens is 3. The van der Waals surface area contributed by atoms with Gasteiger partial charge in [0.25, 0.3) is 0 Å². The SMILES string of the molecule is C=Cc1cc(C(C)NC(=O)O)ccc1NS(C)(=O)=O.C=Cc1cc([C@@H](C)[NH3+])ccc1NS(C)(=O)=O.O=C([O-])C(F)(F)F. The lowest BCUT2D eigenvalue weighted by molar-refractivity contribution is -0.420. The van der Waals surface area contributed by atoms with E-state index >= 15 is 0 Å². The van der Waals surface area contributed by atoms with Gasteiger partial charge in [-0.3, -0.25) is 9.44 Å². The summed E-state index contributed by atoms with van der Waals surface area (Å²) in [6.07, 6.45) is -1.00. The Morgan fingerprint density at radius 2 is 1.26 bits per heavy atom. The molecule has 0 heterocycles. The van der Waals surface area contributed by atoms with Crippen LogP contribution in [0.4, 0.5) is 29.3 Å². The average molecular weight is 639 g/mol. The maximum atomic E-state index is 11.2. The fraction of sp³-hybridized carbons (Fsp3) is 0.280. The Morgan fingerprint density at radius 1 is 0.905 bits per heavy atom. The summed E-state index contributed by atoms with van der Waals surface area (Å²) in [5.74, 6) is -3.01. The first-order valence-electron chi connectivity index (χ1n) is 11.6. The Balaban J connectivity index is 0.000000661. The number of anilines is 2. The zero-order chi connectivity index (χ0) is 33.1. The molecule has 0 bridgehead atoms. The number of carbonyl (C=O) groups excluding carboxylic acids is 1. The number of carboxylic acids is 1. The van der Waals surface area contributed by atoms with E-state index in [4.69, 9.17) is 15.0 Å². The van der Waals surface area contributed by atoms with E-state index in [0.29, 0.717) is 16.9 Å². The minimum atomic E-state index is -5.19. The molecule has 0 fully saturated rings. The summed E-state index contributed by atoms with van der Waals surface area (Å²) in [6.45, 7) is 11.0. The number of quaternary nitrogens is 1. The Morgan fingerprint density at radius 3 is 1.55 bits per heavy atom. The van der Waals surface area contributed by atoms with E-state index in [0.717, 1.165) is 29.2 Å². The second-order valence-corrected chi connectivity index (χ2v) is 12.2. The van der Waals surface area contributed by atoms with Gasteiger partial charge in [0, 0.05) is 5.56 Å². The van der Waals surface area contributed by atoms with Crippen LogP contribution in [0.15, 0.2) is 49.6 Å². The van der Waals surface area contributed by atoms with Crippen molar-refractivity contribution >= 4 is 55.6 Å². The molecule has 234 valence electrons. The van der Waals surface area contributed by atoms with E-state index < -0.39 is 44.3 Å². The van der Waals surface area contributed by atoms with Gasteiger partial charge in [-0.2, -0.15) is 13.2 Å². The lowest BCUT2D eigenvalue weighted by atomic mass is 10.0. The summed E-state index contributed by atoms with van der Waals surface area (Å²) < 4.78 is 81.0. The zero-order valence-electron chi connectivity index (χ0n) is 23.2. The van der Waals surface area contributed by atoms with Crippen LogP contribution >= 0.6 is 0 Å². The molecule has 2 atom stereocenters. The molecule has 1 unspecified atom stereocenters. The minimum Gasteiger partial charge on any atom is -0.542 e. The van der Waals surface area contributed by atoms with E-state index in [1.165, 1.54) is 6.08 Å². The van der Waals surface area contributed by atoms with Crippen LogP contribution in [0.25, 0.3) is 12.2 Å². The second-order valence-electron chi connectivity index (χ2n) is 8.71. The van der Waals surface area contributed by atoms with Crippen LogP contribution < -0.4 is 25.6 Å². The first-order chi connectivity index (χ1) is 19.0. The Kier molecular flexibility index (Phi) is 14.2. The number of amides is 1. The molecular formula is C25H33F3N4O8S2. The molecule has 17 heteroatoms. The molecule has 0 spiro atoms. The number of nitrogens with one attached hydrogen (secondary N) is 3. The molecular weight excluding hydrogens is 605 g/mol. The van der Waals surface area contributed by atoms with Crippen molar-refractivity contribution in [3.63, 3.8) is 0 Å². The van der Waals surface area contributed by atoms with Crippen molar-refractivity contribution in [2.75, 3.05) is 22.0 Å². The van der Waals surface area contributed by atoms with Gasteiger partial charge in [-0.05, 0) is 54.8 Å². The minimum absolute atomic E-state index is 0.158. The first-order valence-corrected chi connectivity index (χ1v) is 15.4. The maximum Gasteiger partial charge on any atom is 0.430 e. The Bertz CT molecular complexity index is 1490. The molecule has 2 rings (SSSR count). The highest BCUT2D eigenvalue weighted by Crippen LogP contribution is 2.24. The number of alkyl halides is 3. The second kappa shape index (κ2) is 15.8. The van der Waals surface area contributed by atoms with E-state index in [1.807, 2.05) is 19.1 Å². The standard InChI is InChI=1S/C12H16N2O4S.C11H16N2O2S.C2HF3O2/c1-4-9-7-10(8(2)13-12(15)16)5-6-11(9)14-19(3,17)18;1-4-9-7-10(8(2)12)5-6-11(9)13-16(3,14)15;3-2(4,5)1(6)7/h4-8,13-14H,1H2,2-3H3,(H,15,16);4-8,13H,1,12H2,2-3H3;(H,6,7)/t;8-;/m.1./s1. The van der Waals surface area contributed by atoms with Crippen molar-refractivity contribution < 1.29 is 55.5 Å². The number of benzene rings is 2. The molecule has 0 saturated carbocycles. The van der Waals surface area contributed by atoms with E-state index in [2.05, 4.69) is 33.7 Å². The molecule has 1 amide bonds. The van der Waals surface area contributed by atoms with Crippen LogP contribution in [0.1, 0.15) is 48.2 Å². The van der Waals surface area contributed by atoms with Crippen LogP contribution in [-0.4, -0.2) is 52.7 Å². The summed E-state index contributed by atoms with van der Waals surface area (Å²) in [5.41, 5.74) is 7.98. The molecule has 0 radical (unpaired) electrons. The zero-order valence-corrected chi connectivity index (χ0v) is 24.8. The van der Waals surface area contributed by atoms with E-state index in [-0.39, 0.29) is 6.04 Å². The molecule has 42 heavy (non-hydrogen) atoms. The summed E-state index contributed by atoms with van der Waals surface area (Å²) in [4.78, 5) is 19.4. The molecule has 2 aromatic rings. The Hall–Kier alpha value is -4.09. The monoisotopic (exact) mass is 638 g/mol. The van der Waals surface area contributed by atoms with Gasteiger partial charge in [0.05, 0.1) is 29.9 Å². The molecule has 0 aliphatic carbocycles. The number of hydrogen-bond acceptors (Lipinski definition) is 7. The quantitative estimate of drug-likeness (QED) is 0.275. The first kappa shape index (κ1) is 37.9. The molecule has 0 saturated heterocycles. The average Bonchev–Trinajstić information content (AvgIpc) is 2.82. The highest BCUT2D eigenvalue weighted by molar-refractivity contribution is 7.92. The third-order valence-electron chi connectivity index (χ3n) is 4.82. The molecule has 0 aromatic heterocycles. The normalized spacial score (nSPS) is 12.6. The van der Waals surface area contributed by atoms with Crippen molar-refractivity contribution in [1.82, 2.24) is 5.32 Å². The fourth-order valence-corrected chi connectivity index (χ4v) is 4.10. The van der Waals surface area contributed by atoms with Crippen LogP contribution in [0.2, 0.25) is 0 Å². The van der Waals surface area contributed by atoms with Crippen LogP contribution in [0, 0.1) is 0 Å². The predicted molar refractivity (Wildman–Crippen MR) is 152 cm³/mol. The van der Waals surface area contributed by atoms with Gasteiger partial charge in [-0.1, -0.05) is 37.4 Å². The summed E-state index contributed by atoms with van der Waals surface area (Å²) >= 11 is 0. The number of carboxylic acid groups (broad SMARTS) is 2. The maximum absolute atomic E-state index is 11.2. The van der Waals surface area contributed by atoms with Crippen molar-refractivity contribution in [3.8, 4) is 0 Å². The number of hydrogen-bond donors (Lipinski definition) is 5. The molecule has 0 aliphatic rings. The van der Waals surface area contributed by atoms with Gasteiger partial charge in [0.2, 0.25) is 20.0 Å². The molecule has 12 nitrogen and oxygen atoms in total. The lowest BCUT2D eigenvalue weighted by Crippen LogP contribution is -2.51. The molecule has 0 aliphatic heterocycles. The van der Waals surface area contributed by atoms with Crippen molar-refractivity contribution in [1.29, 1.82) is 0 Å². The van der Waals surface area contributed by atoms with Crippen molar-refractivity contribution in [3.05, 3.63) is 71.8 Å². The van der Waals surface area contributed by atoms with Gasteiger partial charge < -0.3 is 26.1 Å². The predicted octanol–water partition coefficient (Wildman–Crippen LogP) is 2.33. The third-order valence-corrected chi connectivity index (χ3v) is 6.00.